The standard InChI is InChI=1S/C17H23N5O3/c1-17(12-21-10-15(22(23)24)18-16(21)25-17)11-20(4)9-13-5-7-14(8-6-13)19(2)3/h5-8,10H,9,11-12H2,1-4H3. The lowest BCUT2D eigenvalue weighted by Gasteiger charge is -2.28. The van der Waals surface area contributed by atoms with Gasteiger partial charge in [-0.3, -0.25) is 9.47 Å². The van der Waals surface area contributed by atoms with Crippen molar-refractivity contribution in [3.63, 3.8) is 0 Å². The van der Waals surface area contributed by atoms with Gasteiger partial charge in [0.15, 0.2) is 0 Å². The van der Waals surface area contributed by atoms with Gasteiger partial charge in [0, 0.05) is 37.9 Å². The summed E-state index contributed by atoms with van der Waals surface area (Å²) in [4.78, 5) is 18.5. The average molecular weight is 345 g/mol. The Morgan fingerprint density at radius 1 is 1.32 bits per heavy atom. The summed E-state index contributed by atoms with van der Waals surface area (Å²) in [5.74, 6) is -0.175. The fourth-order valence-corrected chi connectivity index (χ4v) is 3.20. The molecule has 0 amide bonds. The van der Waals surface area contributed by atoms with Crippen LogP contribution in [-0.4, -0.2) is 52.7 Å². The quantitative estimate of drug-likeness (QED) is 0.590. The van der Waals surface area contributed by atoms with E-state index >= 15 is 0 Å². The van der Waals surface area contributed by atoms with Gasteiger partial charge in [0.1, 0.15) is 11.8 Å². The van der Waals surface area contributed by atoms with Crippen LogP contribution in [0.4, 0.5) is 11.5 Å². The van der Waals surface area contributed by atoms with E-state index in [0.29, 0.717) is 19.1 Å². The molecule has 0 aliphatic carbocycles. The highest BCUT2D eigenvalue weighted by Gasteiger charge is 2.40. The molecule has 3 rings (SSSR count). The summed E-state index contributed by atoms with van der Waals surface area (Å²) in [6, 6.07) is 8.77. The van der Waals surface area contributed by atoms with Crippen molar-refractivity contribution in [1.29, 1.82) is 0 Å². The molecule has 0 spiro atoms. The van der Waals surface area contributed by atoms with Crippen molar-refractivity contribution in [2.75, 3.05) is 32.6 Å². The number of likely N-dealkylation sites (N-methyl/N-ethyl adjacent to an activating group) is 1. The van der Waals surface area contributed by atoms with Crippen LogP contribution in [0, 0.1) is 10.1 Å². The van der Waals surface area contributed by atoms with Crippen LogP contribution in [0.1, 0.15) is 12.5 Å². The molecule has 2 aromatic rings. The molecule has 0 saturated carbocycles. The molecule has 1 aromatic carbocycles. The van der Waals surface area contributed by atoms with Gasteiger partial charge in [-0.1, -0.05) is 12.1 Å². The number of nitrogens with zero attached hydrogens (tertiary/aromatic N) is 5. The first-order valence-electron chi connectivity index (χ1n) is 8.11. The zero-order valence-electron chi connectivity index (χ0n) is 15.0. The Morgan fingerprint density at radius 3 is 2.56 bits per heavy atom. The molecule has 1 unspecified atom stereocenters. The van der Waals surface area contributed by atoms with Crippen LogP contribution < -0.4 is 9.64 Å². The predicted molar refractivity (Wildman–Crippen MR) is 95.0 cm³/mol. The van der Waals surface area contributed by atoms with Crippen LogP contribution in [0.25, 0.3) is 0 Å². The van der Waals surface area contributed by atoms with Crippen LogP contribution in [-0.2, 0) is 13.1 Å². The molecule has 2 heterocycles. The van der Waals surface area contributed by atoms with E-state index in [1.54, 1.807) is 4.57 Å². The van der Waals surface area contributed by atoms with E-state index in [2.05, 4.69) is 39.0 Å². The lowest BCUT2D eigenvalue weighted by molar-refractivity contribution is -0.389. The molecule has 1 atom stereocenters. The zero-order chi connectivity index (χ0) is 18.2. The third-order valence-electron chi connectivity index (χ3n) is 4.27. The Kier molecular flexibility index (Phi) is 4.38. The number of rotatable bonds is 6. The molecule has 1 aromatic heterocycles. The van der Waals surface area contributed by atoms with Gasteiger partial charge >= 0.3 is 11.8 Å². The summed E-state index contributed by atoms with van der Waals surface area (Å²) in [6.45, 7) is 4.04. The first kappa shape index (κ1) is 17.2. The van der Waals surface area contributed by atoms with Gasteiger partial charge in [0.2, 0.25) is 0 Å². The van der Waals surface area contributed by atoms with Crippen molar-refractivity contribution < 1.29 is 9.66 Å². The molecule has 0 saturated heterocycles. The van der Waals surface area contributed by atoms with Gasteiger partial charge in [-0.05, 0) is 36.6 Å². The van der Waals surface area contributed by atoms with E-state index in [0.717, 1.165) is 6.54 Å². The SMILES string of the molecule is CN(Cc1ccc(N(C)C)cc1)CC1(C)Cn2cc([N+](=O)[O-])nc2O1. The van der Waals surface area contributed by atoms with Crippen LogP contribution in [0.15, 0.2) is 30.5 Å². The summed E-state index contributed by atoms with van der Waals surface area (Å²) in [6.07, 6.45) is 1.43. The summed E-state index contributed by atoms with van der Waals surface area (Å²) in [5.41, 5.74) is 1.95. The minimum atomic E-state index is -0.504. The van der Waals surface area contributed by atoms with Crippen molar-refractivity contribution in [3.05, 3.63) is 46.1 Å². The molecule has 25 heavy (non-hydrogen) atoms. The van der Waals surface area contributed by atoms with Gasteiger partial charge in [-0.2, -0.15) is 0 Å². The lowest BCUT2D eigenvalue weighted by Crippen LogP contribution is -2.43. The first-order chi connectivity index (χ1) is 11.8. The minimum absolute atomic E-state index is 0.175. The molecular formula is C17H23N5O3. The number of benzene rings is 1. The van der Waals surface area contributed by atoms with Crippen molar-refractivity contribution in [1.82, 2.24) is 14.5 Å². The molecule has 1 aliphatic heterocycles. The predicted octanol–water partition coefficient (Wildman–Crippen LogP) is 2.14. The largest absolute Gasteiger partial charge is 0.436 e. The Bertz CT molecular complexity index is 746. The number of anilines is 1. The number of hydrogen-bond acceptors (Lipinski definition) is 6. The Hall–Kier alpha value is -2.61. The number of hydrogen-bond donors (Lipinski definition) is 0. The number of fused-ring (bicyclic) bond motifs is 1. The highest BCUT2D eigenvalue weighted by Crippen LogP contribution is 2.31. The summed E-state index contributed by atoms with van der Waals surface area (Å²) >= 11 is 0. The summed E-state index contributed by atoms with van der Waals surface area (Å²) in [7, 11) is 6.08. The minimum Gasteiger partial charge on any atom is -0.436 e. The topological polar surface area (TPSA) is 76.7 Å². The Morgan fingerprint density at radius 2 is 2.00 bits per heavy atom. The van der Waals surface area contributed by atoms with Gasteiger partial charge in [-0.25, -0.2) is 0 Å². The average Bonchev–Trinajstić information content (AvgIpc) is 3.02. The van der Waals surface area contributed by atoms with Crippen molar-refractivity contribution in [3.8, 4) is 6.01 Å². The van der Waals surface area contributed by atoms with Crippen LogP contribution in [0.2, 0.25) is 0 Å². The van der Waals surface area contributed by atoms with E-state index < -0.39 is 10.5 Å². The van der Waals surface area contributed by atoms with Gasteiger partial charge in [-0.15, -0.1) is 0 Å². The van der Waals surface area contributed by atoms with E-state index in [9.17, 15) is 10.1 Å². The lowest BCUT2D eigenvalue weighted by atomic mass is 10.1. The van der Waals surface area contributed by atoms with Crippen LogP contribution in [0.5, 0.6) is 6.01 Å². The van der Waals surface area contributed by atoms with Gasteiger partial charge in [0.25, 0.3) is 0 Å². The van der Waals surface area contributed by atoms with Crippen molar-refractivity contribution >= 4 is 11.5 Å². The number of nitro groups is 1. The van der Waals surface area contributed by atoms with E-state index in [-0.39, 0.29) is 5.82 Å². The second kappa shape index (κ2) is 6.36. The number of imidazole rings is 1. The number of ether oxygens (including phenoxy) is 1. The molecule has 0 radical (unpaired) electrons. The molecule has 0 bridgehead atoms. The molecule has 8 nitrogen and oxygen atoms in total. The fraction of sp³-hybridized carbons (Fsp3) is 0.471. The highest BCUT2D eigenvalue weighted by molar-refractivity contribution is 5.45. The second-order valence-electron chi connectivity index (χ2n) is 7.05. The van der Waals surface area contributed by atoms with Crippen molar-refractivity contribution in [2.45, 2.75) is 25.6 Å². The third-order valence-corrected chi connectivity index (χ3v) is 4.27. The Labute approximate surface area is 146 Å². The van der Waals surface area contributed by atoms with Crippen LogP contribution in [0.3, 0.4) is 0 Å². The molecule has 8 heteroatoms. The normalized spacial score (nSPS) is 18.9. The Balaban J connectivity index is 1.60. The van der Waals surface area contributed by atoms with Gasteiger partial charge in [0.05, 0.1) is 6.54 Å². The van der Waals surface area contributed by atoms with Crippen LogP contribution >= 0.6 is 0 Å². The smallest absolute Gasteiger partial charge is 0.415 e. The maximum atomic E-state index is 10.8. The maximum Gasteiger partial charge on any atom is 0.415 e. The molecule has 1 aliphatic rings. The molecule has 0 N–H and O–H groups in total. The maximum absolute atomic E-state index is 10.8. The van der Waals surface area contributed by atoms with Crippen molar-refractivity contribution in [2.24, 2.45) is 0 Å². The zero-order valence-corrected chi connectivity index (χ0v) is 15.0. The highest BCUT2D eigenvalue weighted by atomic mass is 16.6. The monoisotopic (exact) mass is 345 g/mol. The number of aromatic nitrogens is 2. The summed E-state index contributed by atoms with van der Waals surface area (Å²) < 4.78 is 7.59. The molecule has 134 valence electrons. The molecule has 0 fully saturated rings. The van der Waals surface area contributed by atoms with E-state index in [1.807, 2.05) is 28.1 Å². The summed E-state index contributed by atoms with van der Waals surface area (Å²) in [5, 5.41) is 10.8. The third kappa shape index (κ3) is 3.74. The molecular weight excluding hydrogens is 322 g/mol. The fourth-order valence-electron chi connectivity index (χ4n) is 3.20. The first-order valence-corrected chi connectivity index (χ1v) is 8.11. The van der Waals surface area contributed by atoms with E-state index in [1.165, 1.54) is 17.4 Å². The van der Waals surface area contributed by atoms with E-state index in [4.69, 9.17) is 4.74 Å². The second-order valence-corrected chi connectivity index (χ2v) is 7.05. The van der Waals surface area contributed by atoms with Gasteiger partial charge < -0.3 is 19.8 Å².